The fraction of sp³-hybridized carbons (Fsp3) is 0.310. The standard InChI is InChI=1S/C29H29FN2O4/c1-20-18-32(28(34)31-27(20)33)26-17-24(30)25(36-26)19-35-29(21-11-5-2-6-12-21,22-13-7-3-8-14-22)23-15-9-4-10-16-23/h2-16,20,24-26H,17-19H2,1H3,(H,31,33,34)/t20?,24-,25-,26-/m1/s1. The molecule has 1 N–H and O–H groups in total. The Balaban J connectivity index is 1.44. The molecule has 3 aromatic carbocycles. The third kappa shape index (κ3) is 4.52. The number of nitrogens with one attached hydrogen (secondary N) is 1. The van der Waals surface area contributed by atoms with Crippen molar-refractivity contribution >= 4 is 11.9 Å². The van der Waals surface area contributed by atoms with Gasteiger partial charge in [0, 0.05) is 13.0 Å². The van der Waals surface area contributed by atoms with Gasteiger partial charge in [-0.05, 0) is 16.7 Å². The maximum atomic E-state index is 15.2. The summed E-state index contributed by atoms with van der Waals surface area (Å²) in [5.41, 5.74) is 1.74. The molecule has 0 aliphatic carbocycles. The molecule has 5 rings (SSSR count). The molecule has 0 saturated carbocycles. The molecule has 2 aliphatic heterocycles. The predicted octanol–water partition coefficient (Wildman–Crippen LogP) is 4.64. The molecule has 186 valence electrons. The second-order valence-electron chi connectivity index (χ2n) is 9.32. The van der Waals surface area contributed by atoms with E-state index in [1.54, 1.807) is 6.92 Å². The fourth-order valence-electron chi connectivity index (χ4n) is 5.02. The van der Waals surface area contributed by atoms with Crippen molar-refractivity contribution in [3.8, 4) is 0 Å². The summed E-state index contributed by atoms with van der Waals surface area (Å²) in [5, 5.41) is 2.32. The van der Waals surface area contributed by atoms with Gasteiger partial charge in [0.15, 0.2) is 0 Å². The summed E-state index contributed by atoms with van der Waals surface area (Å²) in [5.74, 6) is -0.717. The van der Waals surface area contributed by atoms with E-state index in [9.17, 15) is 9.59 Å². The maximum Gasteiger partial charge on any atom is 0.326 e. The van der Waals surface area contributed by atoms with Gasteiger partial charge < -0.3 is 9.47 Å². The van der Waals surface area contributed by atoms with Gasteiger partial charge in [0.05, 0.1) is 12.5 Å². The smallest absolute Gasteiger partial charge is 0.326 e. The second-order valence-corrected chi connectivity index (χ2v) is 9.32. The van der Waals surface area contributed by atoms with Gasteiger partial charge >= 0.3 is 6.03 Å². The lowest BCUT2D eigenvalue weighted by molar-refractivity contribution is -0.130. The maximum absolute atomic E-state index is 15.2. The second kappa shape index (κ2) is 10.2. The number of benzene rings is 3. The van der Waals surface area contributed by atoms with Crippen molar-refractivity contribution in [3.05, 3.63) is 108 Å². The van der Waals surface area contributed by atoms with E-state index < -0.39 is 30.1 Å². The molecule has 0 aromatic heterocycles. The summed E-state index contributed by atoms with van der Waals surface area (Å²) in [4.78, 5) is 25.6. The highest BCUT2D eigenvalue weighted by atomic mass is 19.1. The zero-order chi connectivity index (χ0) is 25.1. The lowest BCUT2D eigenvalue weighted by Crippen LogP contribution is -2.57. The number of ether oxygens (including phenoxy) is 2. The molecule has 0 spiro atoms. The van der Waals surface area contributed by atoms with Crippen molar-refractivity contribution in [2.45, 2.75) is 37.4 Å². The number of hydrogen-bond acceptors (Lipinski definition) is 4. The summed E-state index contributed by atoms with van der Waals surface area (Å²) >= 11 is 0. The number of alkyl halides is 1. The molecule has 2 saturated heterocycles. The Kier molecular flexibility index (Phi) is 6.85. The van der Waals surface area contributed by atoms with Crippen molar-refractivity contribution in [2.75, 3.05) is 13.2 Å². The van der Waals surface area contributed by atoms with E-state index in [1.807, 2.05) is 91.0 Å². The Bertz CT molecular complexity index is 1100. The van der Waals surface area contributed by atoms with Gasteiger partial charge in [-0.15, -0.1) is 0 Å². The number of hydrogen-bond donors (Lipinski definition) is 1. The Morgan fingerprint density at radius 3 is 1.92 bits per heavy atom. The molecular weight excluding hydrogens is 459 g/mol. The largest absolute Gasteiger partial charge is 0.358 e. The third-order valence-electron chi connectivity index (χ3n) is 6.92. The predicted molar refractivity (Wildman–Crippen MR) is 133 cm³/mol. The van der Waals surface area contributed by atoms with Crippen molar-refractivity contribution in [2.24, 2.45) is 5.92 Å². The minimum atomic E-state index is -1.32. The minimum absolute atomic E-state index is 0.0252. The lowest BCUT2D eigenvalue weighted by Gasteiger charge is -2.37. The first-order valence-corrected chi connectivity index (χ1v) is 12.2. The molecule has 36 heavy (non-hydrogen) atoms. The molecule has 6 nitrogen and oxygen atoms in total. The first kappa shape index (κ1) is 24.2. The van der Waals surface area contributed by atoms with E-state index in [1.165, 1.54) is 4.90 Å². The zero-order valence-electron chi connectivity index (χ0n) is 20.0. The van der Waals surface area contributed by atoms with Gasteiger partial charge in [0.2, 0.25) is 5.91 Å². The topological polar surface area (TPSA) is 67.9 Å². The highest BCUT2D eigenvalue weighted by Crippen LogP contribution is 2.41. The third-order valence-corrected chi connectivity index (χ3v) is 6.92. The SMILES string of the molecule is CC1CN([C@H]2C[C@@H](F)[C@@H](COC(c3ccccc3)(c3ccccc3)c3ccccc3)O2)C(=O)NC1=O. The molecule has 2 fully saturated rings. The van der Waals surface area contributed by atoms with E-state index in [2.05, 4.69) is 5.32 Å². The van der Waals surface area contributed by atoms with Crippen LogP contribution in [0.25, 0.3) is 0 Å². The molecule has 0 bridgehead atoms. The van der Waals surface area contributed by atoms with Crippen LogP contribution < -0.4 is 5.32 Å². The van der Waals surface area contributed by atoms with Crippen molar-refractivity contribution in [1.29, 1.82) is 0 Å². The van der Waals surface area contributed by atoms with Crippen LogP contribution >= 0.6 is 0 Å². The number of urea groups is 1. The van der Waals surface area contributed by atoms with Gasteiger partial charge in [-0.1, -0.05) is 97.9 Å². The Morgan fingerprint density at radius 1 is 0.917 bits per heavy atom. The van der Waals surface area contributed by atoms with Gasteiger partial charge in [-0.2, -0.15) is 0 Å². The molecule has 2 aliphatic rings. The van der Waals surface area contributed by atoms with Crippen LogP contribution in [0.2, 0.25) is 0 Å². The van der Waals surface area contributed by atoms with E-state index in [4.69, 9.17) is 9.47 Å². The van der Waals surface area contributed by atoms with Crippen LogP contribution in [0.5, 0.6) is 0 Å². The highest BCUT2D eigenvalue weighted by molar-refractivity contribution is 5.97. The van der Waals surface area contributed by atoms with Crippen LogP contribution in [0.3, 0.4) is 0 Å². The summed E-state index contributed by atoms with van der Waals surface area (Å²) in [6.07, 6.45) is -2.93. The molecule has 3 aromatic rings. The van der Waals surface area contributed by atoms with Crippen LogP contribution in [0.4, 0.5) is 9.18 Å². The van der Waals surface area contributed by atoms with Gasteiger partial charge in [0.1, 0.15) is 24.1 Å². The fourth-order valence-corrected chi connectivity index (χ4v) is 5.02. The van der Waals surface area contributed by atoms with Crippen molar-refractivity contribution in [3.63, 3.8) is 0 Å². The van der Waals surface area contributed by atoms with Crippen molar-refractivity contribution < 1.29 is 23.5 Å². The first-order chi connectivity index (χ1) is 17.5. The number of rotatable bonds is 7. The van der Waals surface area contributed by atoms with E-state index in [0.29, 0.717) is 0 Å². The Hall–Kier alpha value is -3.55. The minimum Gasteiger partial charge on any atom is -0.358 e. The molecule has 1 unspecified atom stereocenters. The number of nitrogens with zero attached hydrogens (tertiary/aromatic N) is 1. The molecular formula is C29H29FN2O4. The van der Waals surface area contributed by atoms with Gasteiger partial charge in [0.25, 0.3) is 0 Å². The average Bonchev–Trinajstić information content (AvgIpc) is 3.28. The number of carbonyl (C=O) groups is 2. The summed E-state index contributed by atoms with van der Waals surface area (Å²) < 4.78 is 28.0. The highest BCUT2D eigenvalue weighted by Gasteiger charge is 2.45. The van der Waals surface area contributed by atoms with E-state index >= 15 is 4.39 Å². The van der Waals surface area contributed by atoms with Crippen molar-refractivity contribution in [1.82, 2.24) is 10.2 Å². The number of amides is 3. The number of imide groups is 1. The van der Waals surface area contributed by atoms with E-state index in [0.717, 1.165) is 16.7 Å². The first-order valence-electron chi connectivity index (χ1n) is 12.2. The normalized spacial score (nSPS) is 24.6. The number of halogens is 1. The molecule has 4 atom stereocenters. The van der Waals surface area contributed by atoms with Crippen LogP contribution in [0.1, 0.15) is 30.0 Å². The monoisotopic (exact) mass is 488 g/mol. The lowest BCUT2D eigenvalue weighted by atomic mass is 9.80. The van der Waals surface area contributed by atoms with E-state index in [-0.39, 0.29) is 31.4 Å². The summed E-state index contributed by atoms with van der Waals surface area (Å²) in [6.45, 7) is 1.89. The van der Waals surface area contributed by atoms with Gasteiger partial charge in [-0.3, -0.25) is 15.0 Å². The summed E-state index contributed by atoms with van der Waals surface area (Å²) in [7, 11) is 0. The molecule has 0 radical (unpaired) electrons. The molecule has 7 heteroatoms. The summed E-state index contributed by atoms with van der Waals surface area (Å²) in [6, 6.07) is 29.0. The van der Waals surface area contributed by atoms with Crippen LogP contribution in [0.15, 0.2) is 91.0 Å². The average molecular weight is 489 g/mol. The Labute approximate surface area is 210 Å². The van der Waals surface area contributed by atoms with Crippen LogP contribution in [0, 0.1) is 5.92 Å². The van der Waals surface area contributed by atoms with Crippen LogP contribution in [-0.4, -0.2) is 48.5 Å². The Morgan fingerprint density at radius 2 is 1.42 bits per heavy atom. The molecule has 3 amide bonds. The zero-order valence-corrected chi connectivity index (χ0v) is 20.0. The van der Waals surface area contributed by atoms with Gasteiger partial charge in [-0.25, -0.2) is 9.18 Å². The number of carbonyl (C=O) groups excluding carboxylic acids is 2. The van der Waals surface area contributed by atoms with Crippen LogP contribution in [-0.2, 0) is 19.9 Å². The quantitative estimate of drug-likeness (QED) is 0.492. The molecule has 2 heterocycles.